The number of benzene rings is 1. The Bertz CT molecular complexity index is 786. The summed E-state index contributed by atoms with van der Waals surface area (Å²) in [5.41, 5.74) is 0. The van der Waals surface area contributed by atoms with Crippen molar-refractivity contribution in [2.45, 2.75) is 36.1 Å². The topological polar surface area (TPSA) is 88.3 Å². The van der Waals surface area contributed by atoms with Crippen molar-refractivity contribution in [3.63, 3.8) is 0 Å². The number of nitrogens with zero attached hydrogens (tertiary/aromatic N) is 3. The van der Waals surface area contributed by atoms with E-state index in [9.17, 15) is 8.42 Å². The van der Waals surface area contributed by atoms with Gasteiger partial charge in [-0.2, -0.15) is 4.31 Å². The maximum atomic E-state index is 12.6. The van der Waals surface area contributed by atoms with Crippen molar-refractivity contribution in [2.75, 3.05) is 18.4 Å². The quantitative estimate of drug-likeness (QED) is 0.897. The van der Waals surface area contributed by atoms with Gasteiger partial charge in [0, 0.05) is 25.0 Å². The highest BCUT2D eigenvalue weighted by Gasteiger charge is 2.34. The second-order valence-corrected chi connectivity index (χ2v) is 7.96. The molecule has 1 aromatic heterocycles. The molecule has 0 spiro atoms. The Morgan fingerprint density at radius 3 is 2.65 bits per heavy atom. The average molecular weight is 334 g/mol. The van der Waals surface area contributed by atoms with Crippen LogP contribution in [0.5, 0.6) is 0 Å². The molecule has 1 saturated heterocycles. The minimum Gasteiger partial charge on any atom is -0.408 e. The van der Waals surface area contributed by atoms with Crippen molar-refractivity contribution in [2.24, 2.45) is 0 Å². The van der Waals surface area contributed by atoms with E-state index < -0.39 is 10.0 Å². The van der Waals surface area contributed by atoms with Crippen LogP contribution in [0.4, 0.5) is 6.01 Å². The number of aromatic nitrogens is 2. The third-order valence-electron chi connectivity index (χ3n) is 4.23. The molecule has 1 aromatic carbocycles. The van der Waals surface area contributed by atoms with Gasteiger partial charge in [0.1, 0.15) is 0 Å². The molecule has 2 fully saturated rings. The molecule has 2 aromatic rings. The van der Waals surface area contributed by atoms with E-state index >= 15 is 0 Å². The molecular formula is C15H18N4O3S. The van der Waals surface area contributed by atoms with Gasteiger partial charge in [0.25, 0.3) is 0 Å². The van der Waals surface area contributed by atoms with Crippen molar-refractivity contribution in [1.29, 1.82) is 0 Å². The van der Waals surface area contributed by atoms with E-state index in [2.05, 4.69) is 15.5 Å². The van der Waals surface area contributed by atoms with Gasteiger partial charge >= 0.3 is 6.01 Å². The molecule has 0 bridgehead atoms. The highest BCUT2D eigenvalue weighted by Crippen LogP contribution is 2.39. The molecule has 122 valence electrons. The minimum absolute atomic E-state index is 0.0130. The van der Waals surface area contributed by atoms with Crippen LogP contribution in [-0.2, 0) is 10.0 Å². The Kier molecular flexibility index (Phi) is 3.57. The number of hydrogen-bond donors (Lipinski definition) is 1. The summed E-state index contributed by atoms with van der Waals surface area (Å²) in [4.78, 5) is 0.328. The zero-order chi connectivity index (χ0) is 15.9. The lowest BCUT2D eigenvalue weighted by Gasteiger charge is -2.16. The normalized spacial score (nSPS) is 22.3. The van der Waals surface area contributed by atoms with E-state index in [1.807, 2.05) is 0 Å². The smallest absolute Gasteiger partial charge is 0.315 e. The first-order valence-electron chi connectivity index (χ1n) is 7.78. The first-order valence-corrected chi connectivity index (χ1v) is 9.22. The number of anilines is 1. The van der Waals surface area contributed by atoms with Gasteiger partial charge in [-0.05, 0) is 31.4 Å². The molecule has 23 heavy (non-hydrogen) atoms. The molecule has 1 N–H and O–H groups in total. The Morgan fingerprint density at radius 2 is 1.91 bits per heavy atom. The largest absolute Gasteiger partial charge is 0.408 e. The maximum Gasteiger partial charge on any atom is 0.315 e. The number of nitrogens with one attached hydrogen (secondary N) is 1. The second kappa shape index (κ2) is 5.61. The SMILES string of the molecule is O=S(=O)(c1ccccc1)N1CC[C@H](Nc2nnc(C3CC3)o2)C1. The van der Waals surface area contributed by atoms with Crippen molar-refractivity contribution >= 4 is 16.0 Å². The number of rotatable bonds is 5. The van der Waals surface area contributed by atoms with E-state index in [0.717, 1.165) is 12.8 Å². The van der Waals surface area contributed by atoms with Gasteiger partial charge in [-0.25, -0.2) is 8.42 Å². The lowest BCUT2D eigenvalue weighted by atomic mass is 10.3. The summed E-state index contributed by atoms with van der Waals surface area (Å²) < 4.78 is 32.2. The predicted octanol–water partition coefficient (Wildman–Crippen LogP) is 1.82. The monoisotopic (exact) mass is 334 g/mol. The molecule has 2 heterocycles. The Morgan fingerprint density at radius 1 is 1.13 bits per heavy atom. The van der Waals surface area contributed by atoms with Gasteiger partial charge in [0.15, 0.2) is 0 Å². The van der Waals surface area contributed by atoms with Crippen LogP contribution in [0.3, 0.4) is 0 Å². The van der Waals surface area contributed by atoms with Crippen LogP contribution in [0.15, 0.2) is 39.6 Å². The van der Waals surface area contributed by atoms with E-state index in [0.29, 0.717) is 42.2 Å². The van der Waals surface area contributed by atoms with Crippen molar-refractivity contribution in [1.82, 2.24) is 14.5 Å². The van der Waals surface area contributed by atoms with Crippen LogP contribution in [0.25, 0.3) is 0 Å². The molecule has 4 rings (SSSR count). The zero-order valence-electron chi connectivity index (χ0n) is 12.6. The molecule has 2 aliphatic rings. The van der Waals surface area contributed by atoms with Crippen LogP contribution < -0.4 is 5.32 Å². The highest BCUT2D eigenvalue weighted by molar-refractivity contribution is 7.89. The van der Waals surface area contributed by atoms with E-state index in [-0.39, 0.29) is 6.04 Å². The van der Waals surface area contributed by atoms with Crippen molar-refractivity contribution in [3.8, 4) is 0 Å². The van der Waals surface area contributed by atoms with Gasteiger partial charge in [0.2, 0.25) is 15.9 Å². The Labute approximate surface area is 134 Å². The van der Waals surface area contributed by atoms with Crippen LogP contribution in [-0.4, -0.2) is 42.1 Å². The fraction of sp³-hybridized carbons (Fsp3) is 0.467. The average Bonchev–Trinajstić information content (AvgIpc) is 3.12. The van der Waals surface area contributed by atoms with Crippen molar-refractivity contribution < 1.29 is 12.8 Å². The minimum atomic E-state index is -3.44. The third-order valence-corrected chi connectivity index (χ3v) is 6.11. The van der Waals surface area contributed by atoms with Gasteiger partial charge < -0.3 is 9.73 Å². The summed E-state index contributed by atoms with van der Waals surface area (Å²) in [5, 5.41) is 11.2. The summed E-state index contributed by atoms with van der Waals surface area (Å²) in [6.07, 6.45) is 2.93. The first kappa shape index (κ1) is 14.6. The van der Waals surface area contributed by atoms with E-state index in [1.54, 1.807) is 30.3 Å². The maximum absolute atomic E-state index is 12.6. The van der Waals surface area contributed by atoms with Crippen molar-refractivity contribution in [3.05, 3.63) is 36.2 Å². The highest BCUT2D eigenvalue weighted by atomic mass is 32.2. The number of sulfonamides is 1. The molecule has 8 heteroatoms. The molecule has 1 aliphatic heterocycles. The second-order valence-electron chi connectivity index (χ2n) is 6.03. The first-order chi connectivity index (χ1) is 11.1. The molecule has 1 atom stereocenters. The van der Waals surface area contributed by atoms with Crippen LogP contribution >= 0.6 is 0 Å². The van der Waals surface area contributed by atoms with Gasteiger partial charge in [-0.1, -0.05) is 23.3 Å². The number of hydrogen-bond acceptors (Lipinski definition) is 6. The van der Waals surface area contributed by atoms with Gasteiger partial charge in [-0.3, -0.25) is 0 Å². The summed E-state index contributed by atoms with van der Waals surface area (Å²) in [6.45, 7) is 0.886. The fourth-order valence-corrected chi connectivity index (χ4v) is 4.29. The lowest BCUT2D eigenvalue weighted by molar-refractivity contribution is 0.470. The lowest BCUT2D eigenvalue weighted by Crippen LogP contribution is -2.31. The standard InChI is InChI=1S/C15H18N4O3S/c20-23(21,13-4-2-1-3-5-13)19-9-8-12(10-19)16-15-18-17-14(22-15)11-6-7-11/h1-5,11-12H,6-10H2,(H,16,18)/t12-/m0/s1. The van der Waals surface area contributed by atoms with Crippen LogP contribution in [0, 0.1) is 0 Å². The molecule has 0 unspecified atom stereocenters. The Hall–Kier alpha value is -1.93. The van der Waals surface area contributed by atoms with Gasteiger partial charge in [-0.15, -0.1) is 5.10 Å². The molecule has 0 amide bonds. The Balaban J connectivity index is 1.42. The molecule has 1 aliphatic carbocycles. The van der Waals surface area contributed by atoms with E-state index in [4.69, 9.17) is 4.42 Å². The molecule has 0 radical (unpaired) electrons. The predicted molar refractivity (Wildman–Crippen MR) is 83.5 cm³/mol. The third kappa shape index (κ3) is 2.96. The molecule has 7 nitrogen and oxygen atoms in total. The summed E-state index contributed by atoms with van der Waals surface area (Å²) in [6, 6.07) is 8.89. The summed E-state index contributed by atoms with van der Waals surface area (Å²) in [7, 11) is -3.44. The van der Waals surface area contributed by atoms with E-state index in [1.165, 1.54) is 4.31 Å². The summed E-state index contributed by atoms with van der Waals surface area (Å²) in [5.74, 6) is 1.09. The molecular weight excluding hydrogens is 316 g/mol. The zero-order valence-corrected chi connectivity index (χ0v) is 13.4. The van der Waals surface area contributed by atoms with Crippen LogP contribution in [0.2, 0.25) is 0 Å². The van der Waals surface area contributed by atoms with Crippen LogP contribution in [0.1, 0.15) is 31.1 Å². The molecule has 1 saturated carbocycles. The van der Waals surface area contributed by atoms with Gasteiger partial charge in [0.05, 0.1) is 4.90 Å². The summed E-state index contributed by atoms with van der Waals surface area (Å²) >= 11 is 0. The fourth-order valence-electron chi connectivity index (χ4n) is 2.77.